The van der Waals surface area contributed by atoms with E-state index >= 15 is 4.39 Å². The number of fused-ring (bicyclic) bond motifs is 1. The summed E-state index contributed by atoms with van der Waals surface area (Å²) in [5, 5.41) is 8.38. The number of benzene rings is 3. The molecule has 222 valence electrons. The van der Waals surface area contributed by atoms with Crippen LogP contribution in [0.15, 0.2) is 72.8 Å². The molecule has 1 atom stereocenters. The molecule has 5 nitrogen and oxygen atoms in total. The maximum atomic E-state index is 15.2. The minimum atomic E-state index is -3.15. The van der Waals surface area contributed by atoms with Gasteiger partial charge in [-0.15, -0.1) is 0 Å². The number of rotatable bonds is 9. The fourth-order valence-corrected chi connectivity index (χ4v) is 6.44. The van der Waals surface area contributed by atoms with Gasteiger partial charge in [-0.25, -0.2) is 13.2 Å². The summed E-state index contributed by atoms with van der Waals surface area (Å²) in [4.78, 5) is 2.57. The highest BCUT2D eigenvalue weighted by atomic mass is 35.5. The van der Waals surface area contributed by atoms with Gasteiger partial charge in [-0.1, -0.05) is 48.0 Å². The Morgan fingerprint density at radius 1 is 0.881 bits per heavy atom. The molecule has 2 fully saturated rings. The van der Waals surface area contributed by atoms with Crippen molar-refractivity contribution in [1.29, 1.82) is 0 Å². The molecule has 2 aliphatic heterocycles. The average Bonchev–Trinajstić information content (AvgIpc) is 3.41. The van der Waals surface area contributed by atoms with Crippen LogP contribution in [0.5, 0.6) is 0 Å². The maximum Gasteiger partial charge on any atom is 0.288 e. The Morgan fingerprint density at radius 2 is 1.62 bits per heavy atom. The lowest BCUT2D eigenvalue weighted by Crippen LogP contribution is -2.46. The van der Waals surface area contributed by atoms with E-state index in [1.807, 2.05) is 66.7 Å². The molecule has 0 spiro atoms. The molecule has 3 aromatic carbocycles. The molecule has 2 saturated heterocycles. The van der Waals surface area contributed by atoms with E-state index in [1.165, 1.54) is 0 Å². The molecule has 1 unspecified atom stereocenters. The predicted octanol–water partition coefficient (Wildman–Crippen LogP) is 8.36. The molecule has 4 aromatic rings. The lowest BCUT2D eigenvalue weighted by Gasteiger charge is -2.39. The van der Waals surface area contributed by atoms with Crippen LogP contribution in [0.4, 0.5) is 24.5 Å². The van der Waals surface area contributed by atoms with Crippen LogP contribution in [-0.2, 0) is 11.3 Å². The van der Waals surface area contributed by atoms with Crippen LogP contribution in [0, 0.1) is 0 Å². The van der Waals surface area contributed by atoms with Gasteiger partial charge in [0, 0.05) is 66.7 Å². The summed E-state index contributed by atoms with van der Waals surface area (Å²) >= 11 is 6.08. The van der Waals surface area contributed by atoms with Gasteiger partial charge in [0.25, 0.3) is 6.43 Å². The first kappa shape index (κ1) is 28.9. The van der Waals surface area contributed by atoms with Gasteiger partial charge in [0.05, 0.1) is 11.2 Å². The van der Waals surface area contributed by atoms with Crippen molar-refractivity contribution >= 4 is 33.9 Å². The van der Waals surface area contributed by atoms with Crippen LogP contribution in [0.1, 0.15) is 37.5 Å². The van der Waals surface area contributed by atoms with E-state index in [9.17, 15) is 8.78 Å². The number of likely N-dealkylation sites (tertiary alicyclic amines) is 1. The van der Waals surface area contributed by atoms with Crippen molar-refractivity contribution in [3.8, 4) is 11.3 Å². The fraction of sp³-hybridized carbons (Fsp3) is 0.394. The van der Waals surface area contributed by atoms with Crippen LogP contribution in [0.25, 0.3) is 22.2 Å². The summed E-state index contributed by atoms with van der Waals surface area (Å²) in [5.74, 6) is 0. The minimum Gasteiger partial charge on any atom is -0.382 e. The average molecular weight is 597 g/mol. The number of alkyl halides is 3. The van der Waals surface area contributed by atoms with Crippen molar-refractivity contribution in [1.82, 2.24) is 9.47 Å². The van der Waals surface area contributed by atoms with Crippen molar-refractivity contribution in [3.63, 3.8) is 0 Å². The van der Waals surface area contributed by atoms with Gasteiger partial charge >= 0.3 is 0 Å². The molecular weight excluding hydrogens is 561 g/mol. The summed E-state index contributed by atoms with van der Waals surface area (Å²) in [6.45, 7) is 4.26. The van der Waals surface area contributed by atoms with Crippen LogP contribution in [0.3, 0.4) is 0 Å². The van der Waals surface area contributed by atoms with Gasteiger partial charge in [-0.3, -0.25) is 0 Å². The smallest absolute Gasteiger partial charge is 0.288 e. The molecule has 9 heteroatoms. The molecule has 2 N–H and O–H groups in total. The number of hydrogen-bond acceptors (Lipinski definition) is 4. The van der Waals surface area contributed by atoms with Gasteiger partial charge in [0.2, 0.25) is 6.30 Å². The third kappa shape index (κ3) is 6.41. The fourth-order valence-electron chi connectivity index (χ4n) is 6.25. The van der Waals surface area contributed by atoms with E-state index in [1.54, 1.807) is 6.07 Å². The van der Waals surface area contributed by atoms with Crippen molar-refractivity contribution in [2.75, 3.05) is 36.9 Å². The molecule has 3 heterocycles. The Bertz CT molecular complexity index is 1480. The summed E-state index contributed by atoms with van der Waals surface area (Å²) < 4.78 is 49.4. The zero-order chi connectivity index (χ0) is 29.1. The standard InChI is InChI=1S/C33H36ClF3N4O/c34-24-3-1-4-26(19-24)38-21-22-7-9-23(10-8-22)31-20-28-29(5-2-6-30(28)41(31)33(37)32(35)36)39-25-11-15-40(16-12-25)27-13-17-42-18-14-27/h1-10,19-20,25,27,32-33,38-39H,11-18,21H2. The zero-order valence-corrected chi connectivity index (χ0v) is 24.2. The second-order valence-electron chi connectivity index (χ2n) is 11.2. The SMILES string of the molecule is FC(F)C(F)n1c(-c2ccc(CNc3cccc(Cl)c3)cc2)cc2c(NC3CCN(C4CCOCC4)CC3)cccc21. The van der Waals surface area contributed by atoms with E-state index in [4.69, 9.17) is 16.3 Å². The van der Waals surface area contributed by atoms with Crippen molar-refractivity contribution in [3.05, 3.63) is 83.4 Å². The van der Waals surface area contributed by atoms with Gasteiger partial charge in [-0.05, 0) is 73.2 Å². The maximum absolute atomic E-state index is 15.2. The van der Waals surface area contributed by atoms with Crippen LogP contribution < -0.4 is 10.6 Å². The van der Waals surface area contributed by atoms with Crippen LogP contribution in [0.2, 0.25) is 5.02 Å². The summed E-state index contributed by atoms with van der Waals surface area (Å²) in [5.41, 5.74) is 4.31. The molecule has 6 rings (SSSR count). The topological polar surface area (TPSA) is 41.5 Å². The van der Waals surface area contributed by atoms with E-state index in [0.29, 0.717) is 34.4 Å². The molecule has 0 amide bonds. The van der Waals surface area contributed by atoms with E-state index in [0.717, 1.165) is 78.9 Å². The highest BCUT2D eigenvalue weighted by molar-refractivity contribution is 6.30. The third-order valence-corrected chi connectivity index (χ3v) is 8.74. The first-order valence-electron chi connectivity index (χ1n) is 14.7. The third-order valence-electron chi connectivity index (χ3n) is 8.51. The molecule has 2 aliphatic rings. The van der Waals surface area contributed by atoms with Crippen molar-refractivity contribution in [2.24, 2.45) is 0 Å². The number of aromatic nitrogens is 1. The van der Waals surface area contributed by atoms with Crippen molar-refractivity contribution in [2.45, 2.75) is 57.0 Å². The number of piperidine rings is 1. The van der Waals surface area contributed by atoms with Gasteiger partial charge in [-0.2, -0.15) is 0 Å². The molecular formula is C33H36ClF3N4O. The van der Waals surface area contributed by atoms with E-state index in [-0.39, 0.29) is 6.04 Å². The normalized spacial score (nSPS) is 18.0. The second kappa shape index (κ2) is 13.0. The van der Waals surface area contributed by atoms with E-state index in [2.05, 4.69) is 15.5 Å². The monoisotopic (exact) mass is 596 g/mol. The number of nitrogens with one attached hydrogen (secondary N) is 2. The first-order chi connectivity index (χ1) is 20.5. The Morgan fingerprint density at radius 3 is 2.33 bits per heavy atom. The van der Waals surface area contributed by atoms with Gasteiger partial charge in [0.15, 0.2) is 0 Å². The van der Waals surface area contributed by atoms with Crippen molar-refractivity contribution < 1.29 is 17.9 Å². The minimum absolute atomic E-state index is 0.265. The quantitative estimate of drug-likeness (QED) is 0.204. The van der Waals surface area contributed by atoms with Crippen LogP contribution in [-0.4, -0.2) is 54.3 Å². The predicted molar refractivity (Wildman–Crippen MR) is 164 cm³/mol. The number of halogens is 4. The Kier molecular flexibility index (Phi) is 8.93. The summed E-state index contributed by atoms with van der Waals surface area (Å²) in [6, 6.07) is 23.2. The molecule has 0 saturated carbocycles. The second-order valence-corrected chi connectivity index (χ2v) is 11.6. The lowest BCUT2D eigenvalue weighted by molar-refractivity contribution is 0.0115. The number of anilines is 2. The van der Waals surface area contributed by atoms with Gasteiger partial charge < -0.3 is 24.8 Å². The largest absolute Gasteiger partial charge is 0.382 e. The van der Waals surface area contributed by atoms with Crippen LogP contribution >= 0.6 is 11.6 Å². The molecule has 0 radical (unpaired) electrons. The number of nitrogens with zero attached hydrogens (tertiary/aromatic N) is 2. The van der Waals surface area contributed by atoms with E-state index < -0.39 is 12.7 Å². The molecule has 0 bridgehead atoms. The molecule has 0 aliphatic carbocycles. The molecule has 42 heavy (non-hydrogen) atoms. The van der Waals surface area contributed by atoms with Gasteiger partial charge in [0.1, 0.15) is 0 Å². The number of ether oxygens (including phenoxy) is 1. The Hall–Kier alpha value is -3.20. The Balaban J connectivity index is 1.22. The lowest BCUT2D eigenvalue weighted by atomic mass is 9.99. The first-order valence-corrected chi connectivity index (χ1v) is 15.1. The highest BCUT2D eigenvalue weighted by Crippen LogP contribution is 2.38. The Labute approximate surface area is 249 Å². The molecule has 1 aromatic heterocycles. The summed E-state index contributed by atoms with van der Waals surface area (Å²) in [6.07, 6.45) is -1.45. The number of hydrogen-bond donors (Lipinski definition) is 2. The highest BCUT2D eigenvalue weighted by Gasteiger charge is 2.29. The zero-order valence-electron chi connectivity index (χ0n) is 23.4. The summed E-state index contributed by atoms with van der Waals surface area (Å²) in [7, 11) is 0.